The van der Waals surface area contributed by atoms with Gasteiger partial charge < -0.3 is 5.32 Å². The van der Waals surface area contributed by atoms with Crippen LogP contribution in [0.1, 0.15) is 35.6 Å². The highest BCUT2D eigenvalue weighted by Crippen LogP contribution is 2.30. The Morgan fingerprint density at radius 2 is 2.15 bits per heavy atom. The predicted molar refractivity (Wildman–Crippen MR) is 78.2 cm³/mol. The second-order valence-electron chi connectivity index (χ2n) is 5.22. The lowest BCUT2D eigenvalue weighted by Crippen LogP contribution is -2.27. The van der Waals surface area contributed by atoms with Gasteiger partial charge in [-0.25, -0.2) is 0 Å². The zero-order chi connectivity index (χ0) is 13.8. The fraction of sp³-hybridized carbons (Fsp3) is 0.294. The molecule has 1 aromatic carbocycles. The van der Waals surface area contributed by atoms with E-state index in [4.69, 9.17) is 0 Å². The number of fused-ring (bicyclic) bond motifs is 1. The van der Waals surface area contributed by atoms with Gasteiger partial charge in [0, 0.05) is 18.8 Å². The fourth-order valence-electron chi connectivity index (χ4n) is 2.78. The molecule has 0 radical (unpaired) electrons. The first-order valence-corrected chi connectivity index (χ1v) is 7.09. The molecule has 1 aliphatic carbocycles. The number of benzene rings is 1. The molecular weight excluding hydrogens is 248 g/mol. The van der Waals surface area contributed by atoms with Crippen molar-refractivity contribution in [2.24, 2.45) is 0 Å². The van der Waals surface area contributed by atoms with Crippen LogP contribution < -0.4 is 5.32 Å². The number of hydrogen-bond acceptors (Lipinski definition) is 2. The average Bonchev–Trinajstić information content (AvgIpc) is 2.90. The summed E-state index contributed by atoms with van der Waals surface area (Å²) in [5, 5.41) is 3.15. The highest BCUT2D eigenvalue weighted by atomic mass is 16.1. The number of hydrogen-bond donors (Lipinski definition) is 1. The van der Waals surface area contributed by atoms with Crippen LogP contribution in [0.15, 0.2) is 48.8 Å². The van der Waals surface area contributed by atoms with Gasteiger partial charge in [0.25, 0.3) is 0 Å². The van der Waals surface area contributed by atoms with E-state index in [1.54, 1.807) is 6.20 Å². The third-order valence-corrected chi connectivity index (χ3v) is 3.83. The van der Waals surface area contributed by atoms with Crippen LogP contribution >= 0.6 is 0 Å². The molecule has 1 atom stereocenters. The van der Waals surface area contributed by atoms with Gasteiger partial charge in [0.05, 0.1) is 6.04 Å². The lowest BCUT2D eigenvalue weighted by atomic mass is 10.1. The van der Waals surface area contributed by atoms with Gasteiger partial charge in [-0.3, -0.25) is 9.78 Å². The summed E-state index contributed by atoms with van der Waals surface area (Å²) < 4.78 is 0. The van der Waals surface area contributed by atoms with Crippen molar-refractivity contribution in [3.8, 4) is 0 Å². The van der Waals surface area contributed by atoms with Crippen molar-refractivity contribution in [1.29, 1.82) is 0 Å². The molecule has 1 aliphatic rings. The second kappa shape index (κ2) is 5.87. The Kier molecular flexibility index (Phi) is 3.77. The number of carbonyl (C=O) groups is 1. The van der Waals surface area contributed by atoms with Gasteiger partial charge in [-0.2, -0.15) is 0 Å². The molecule has 0 bridgehead atoms. The second-order valence-corrected chi connectivity index (χ2v) is 5.22. The number of nitrogens with one attached hydrogen (secondary N) is 1. The number of rotatable bonds is 4. The van der Waals surface area contributed by atoms with Crippen LogP contribution in [0.25, 0.3) is 0 Å². The lowest BCUT2D eigenvalue weighted by molar-refractivity contribution is -0.121. The Hall–Kier alpha value is -2.16. The molecule has 1 aromatic heterocycles. The maximum Gasteiger partial charge on any atom is 0.220 e. The van der Waals surface area contributed by atoms with E-state index < -0.39 is 0 Å². The number of pyridine rings is 1. The normalized spacial score (nSPS) is 16.7. The van der Waals surface area contributed by atoms with Gasteiger partial charge in [-0.05, 0) is 42.0 Å². The van der Waals surface area contributed by atoms with Gasteiger partial charge in [0.15, 0.2) is 0 Å². The molecule has 0 aliphatic heterocycles. The summed E-state index contributed by atoms with van der Waals surface area (Å²) in [7, 11) is 0. The van der Waals surface area contributed by atoms with Crippen molar-refractivity contribution >= 4 is 5.91 Å². The molecule has 1 heterocycles. The number of nitrogens with zero attached hydrogens (tertiary/aromatic N) is 1. The van der Waals surface area contributed by atoms with E-state index in [1.807, 2.05) is 24.4 Å². The molecule has 102 valence electrons. The fourth-order valence-corrected chi connectivity index (χ4v) is 2.78. The number of amides is 1. The highest BCUT2D eigenvalue weighted by Gasteiger charge is 2.22. The standard InChI is InChI=1S/C17H18N2O/c20-17(10-7-13-4-3-11-18-12-13)19-16-9-8-14-5-1-2-6-15(14)16/h1-6,11-12,16H,7-10H2,(H,19,20)/t16-/m1/s1. The maximum absolute atomic E-state index is 12.1. The topological polar surface area (TPSA) is 42.0 Å². The van der Waals surface area contributed by atoms with Crippen LogP contribution in [-0.4, -0.2) is 10.9 Å². The predicted octanol–water partition coefficient (Wildman–Crippen LogP) is 2.82. The number of carbonyl (C=O) groups excluding carboxylic acids is 1. The maximum atomic E-state index is 12.1. The number of aromatic nitrogens is 1. The van der Waals surface area contributed by atoms with E-state index in [0.717, 1.165) is 24.8 Å². The van der Waals surface area contributed by atoms with Crippen LogP contribution in [0.3, 0.4) is 0 Å². The van der Waals surface area contributed by atoms with E-state index >= 15 is 0 Å². The molecule has 0 fully saturated rings. The third kappa shape index (κ3) is 2.87. The van der Waals surface area contributed by atoms with Crippen LogP contribution in [0.2, 0.25) is 0 Å². The molecule has 1 N–H and O–H groups in total. The largest absolute Gasteiger partial charge is 0.349 e. The summed E-state index contributed by atoms with van der Waals surface area (Å²) in [6.45, 7) is 0. The first kappa shape index (κ1) is 12.9. The first-order valence-electron chi connectivity index (χ1n) is 7.09. The Morgan fingerprint density at radius 3 is 3.00 bits per heavy atom. The molecule has 0 saturated heterocycles. The molecule has 3 nitrogen and oxygen atoms in total. The van der Waals surface area contributed by atoms with Crippen LogP contribution in [0, 0.1) is 0 Å². The minimum Gasteiger partial charge on any atom is -0.349 e. The Labute approximate surface area is 119 Å². The highest BCUT2D eigenvalue weighted by molar-refractivity contribution is 5.76. The van der Waals surface area contributed by atoms with Crippen LogP contribution in [0.5, 0.6) is 0 Å². The van der Waals surface area contributed by atoms with Crippen LogP contribution in [0.4, 0.5) is 0 Å². The minimum absolute atomic E-state index is 0.121. The monoisotopic (exact) mass is 266 g/mol. The third-order valence-electron chi connectivity index (χ3n) is 3.83. The molecule has 20 heavy (non-hydrogen) atoms. The zero-order valence-corrected chi connectivity index (χ0v) is 11.4. The summed E-state index contributed by atoms with van der Waals surface area (Å²) in [5.41, 5.74) is 3.75. The van der Waals surface area contributed by atoms with Crippen molar-refractivity contribution in [1.82, 2.24) is 10.3 Å². The molecule has 0 spiro atoms. The van der Waals surface area contributed by atoms with Crippen molar-refractivity contribution in [3.63, 3.8) is 0 Å². The molecule has 3 heteroatoms. The van der Waals surface area contributed by atoms with Gasteiger partial charge >= 0.3 is 0 Å². The minimum atomic E-state index is 0.121. The summed E-state index contributed by atoms with van der Waals surface area (Å²) in [5.74, 6) is 0.121. The summed E-state index contributed by atoms with van der Waals surface area (Å²) in [6.07, 6.45) is 6.90. The molecule has 1 amide bonds. The average molecular weight is 266 g/mol. The van der Waals surface area contributed by atoms with Crippen molar-refractivity contribution in [2.45, 2.75) is 31.7 Å². The SMILES string of the molecule is O=C(CCc1cccnc1)N[C@@H]1CCc2ccccc21. The lowest BCUT2D eigenvalue weighted by Gasteiger charge is -2.14. The molecule has 3 rings (SSSR count). The Morgan fingerprint density at radius 1 is 1.25 bits per heavy atom. The number of aryl methyl sites for hydroxylation is 2. The van der Waals surface area contributed by atoms with E-state index in [9.17, 15) is 4.79 Å². The van der Waals surface area contributed by atoms with Gasteiger partial charge in [0.1, 0.15) is 0 Å². The molecule has 0 saturated carbocycles. The van der Waals surface area contributed by atoms with E-state index in [1.165, 1.54) is 11.1 Å². The van der Waals surface area contributed by atoms with Gasteiger partial charge in [0.2, 0.25) is 5.91 Å². The Bertz CT molecular complexity index is 595. The molecule has 0 unspecified atom stereocenters. The quantitative estimate of drug-likeness (QED) is 0.924. The Balaban J connectivity index is 1.55. The summed E-state index contributed by atoms with van der Waals surface area (Å²) >= 11 is 0. The van der Waals surface area contributed by atoms with Crippen LogP contribution in [-0.2, 0) is 17.6 Å². The van der Waals surface area contributed by atoms with Crippen molar-refractivity contribution in [2.75, 3.05) is 0 Å². The summed E-state index contributed by atoms with van der Waals surface area (Å²) in [4.78, 5) is 16.1. The first-order chi connectivity index (χ1) is 9.83. The van der Waals surface area contributed by atoms with E-state index in [0.29, 0.717) is 6.42 Å². The van der Waals surface area contributed by atoms with Gasteiger partial charge in [-0.15, -0.1) is 0 Å². The van der Waals surface area contributed by atoms with Crippen molar-refractivity contribution < 1.29 is 4.79 Å². The smallest absolute Gasteiger partial charge is 0.220 e. The van der Waals surface area contributed by atoms with E-state index in [-0.39, 0.29) is 11.9 Å². The van der Waals surface area contributed by atoms with Gasteiger partial charge in [-0.1, -0.05) is 30.3 Å². The molecule has 2 aromatic rings. The van der Waals surface area contributed by atoms with E-state index in [2.05, 4.69) is 28.5 Å². The van der Waals surface area contributed by atoms with Crippen molar-refractivity contribution in [3.05, 3.63) is 65.5 Å². The molecular formula is C17H18N2O. The summed E-state index contributed by atoms with van der Waals surface area (Å²) in [6, 6.07) is 12.5. The zero-order valence-electron chi connectivity index (χ0n) is 11.4.